The van der Waals surface area contributed by atoms with Gasteiger partial charge in [-0.15, -0.1) is 11.3 Å². The van der Waals surface area contributed by atoms with E-state index in [-0.39, 0.29) is 12.2 Å². The topological polar surface area (TPSA) is 70.4 Å². The molecule has 2 aromatic rings. The van der Waals surface area contributed by atoms with Crippen LogP contribution in [0.5, 0.6) is 5.75 Å². The zero-order valence-corrected chi connectivity index (χ0v) is 9.78. The Morgan fingerprint density at radius 1 is 1.29 bits per heavy atom. The highest BCUT2D eigenvalue weighted by molar-refractivity contribution is 7.13. The average molecular weight is 249 g/mol. The summed E-state index contributed by atoms with van der Waals surface area (Å²) in [5, 5.41) is 20.5. The quantitative estimate of drug-likeness (QED) is 0.873. The summed E-state index contributed by atoms with van der Waals surface area (Å²) in [4.78, 5) is 14.8. The molecule has 0 fully saturated rings. The summed E-state index contributed by atoms with van der Waals surface area (Å²) in [5.74, 6) is -0.597. The molecule has 5 heteroatoms. The van der Waals surface area contributed by atoms with E-state index in [4.69, 9.17) is 5.11 Å². The predicted molar refractivity (Wildman–Crippen MR) is 65.2 cm³/mol. The fourth-order valence-electron chi connectivity index (χ4n) is 1.39. The Balaban J connectivity index is 2.12. The summed E-state index contributed by atoms with van der Waals surface area (Å²) >= 11 is 1.47. The van der Waals surface area contributed by atoms with Crippen LogP contribution in [0.2, 0.25) is 0 Å². The first-order valence-electron chi connectivity index (χ1n) is 5.11. The number of hydrogen-bond donors (Lipinski definition) is 2. The second kappa shape index (κ2) is 4.97. The van der Waals surface area contributed by atoms with Crippen LogP contribution in [0.3, 0.4) is 0 Å². The smallest absolute Gasteiger partial charge is 0.303 e. The van der Waals surface area contributed by atoms with Gasteiger partial charge in [0.15, 0.2) is 0 Å². The zero-order valence-electron chi connectivity index (χ0n) is 8.96. The molecule has 17 heavy (non-hydrogen) atoms. The highest BCUT2D eigenvalue weighted by Crippen LogP contribution is 2.25. The van der Waals surface area contributed by atoms with Crippen molar-refractivity contribution in [1.29, 1.82) is 0 Å². The molecule has 2 N–H and O–H groups in total. The number of thiazole rings is 1. The maximum Gasteiger partial charge on any atom is 0.303 e. The Morgan fingerprint density at radius 3 is 2.65 bits per heavy atom. The van der Waals surface area contributed by atoms with Gasteiger partial charge in [-0.3, -0.25) is 4.79 Å². The standard InChI is InChI=1S/C12H11NO3S/c14-10-4-1-8(2-5-10)12-13-9(7-17-12)3-6-11(15)16/h1-2,4-5,7,14H,3,6H2,(H,15,16). The number of aromatic hydroxyl groups is 1. The van der Waals surface area contributed by atoms with E-state index in [1.165, 1.54) is 11.3 Å². The van der Waals surface area contributed by atoms with Crippen molar-refractivity contribution in [3.05, 3.63) is 35.3 Å². The van der Waals surface area contributed by atoms with Crippen LogP contribution in [0.4, 0.5) is 0 Å². The van der Waals surface area contributed by atoms with Crippen molar-refractivity contribution in [2.75, 3.05) is 0 Å². The van der Waals surface area contributed by atoms with Gasteiger partial charge in [0, 0.05) is 17.4 Å². The van der Waals surface area contributed by atoms with Crippen LogP contribution in [0, 0.1) is 0 Å². The normalized spacial score (nSPS) is 10.4. The van der Waals surface area contributed by atoms with Gasteiger partial charge < -0.3 is 10.2 Å². The third kappa shape index (κ3) is 3.04. The summed E-state index contributed by atoms with van der Waals surface area (Å²) in [5.41, 5.74) is 1.72. The van der Waals surface area contributed by atoms with E-state index >= 15 is 0 Å². The van der Waals surface area contributed by atoms with Gasteiger partial charge in [0.2, 0.25) is 0 Å². The number of rotatable bonds is 4. The molecule has 4 nitrogen and oxygen atoms in total. The monoisotopic (exact) mass is 249 g/mol. The lowest BCUT2D eigenvalue weighted by molar-refractivity contribution is -0.136. The Kier molecular flexibility index (Phi) is 3.39. The number of nitrogens with zero attached hydrogens (tertiary/aromatic N) is 1. The number of carbonyl (C=O) groups is 1. The molecule has 2 rings (SSSR count). The number of aromatic nitrogens is 1. The Labute approximate surface area is 102 Å². The van der Waals surface area contributed by atoms with Crippen molar-refractivity contribution < 1.29 is 15.0 Å². The third-order valence-electron chi connectivity index (χ3n) is 2.26. The van der Waals surface area contributed by atoms with Crippen molar-refractivity contribution >= 4 is 17.3 Å². The van der Waals surface area contributed by atoms with E-state index in [2.05, 4.69) is 4.98 Å². The van der Waals surface area contributed by atoms with E-state index in [1.54, 1.807) is 24.3 Å². The van der Waals surface area contributed by atoms with E-state index in [0.717, 1.165) is 16.3 Å². The summed E-state index contributed by atoms with van der Waals surface area (Å²) in [6, 6.07) is 6.78. The second-order valence-electron chi connectivity index (χ2n) is 3.58. The molecule has 0 unspecified atom stereocenters. The molecule has 0 amide bonds. The Bertz CT molecular complexity index is 519. The largest absolute Gasteiger partial charge is 0.508 e. The van der Waals surface area contributed by atoms with Crippen LogP contribution in [0.15, 0.2) is 29.6 Å². The minimum absolute atomic E-state index is 0.0960. The molecule has 0 spiro atoms. The van der Waals surface area contributed by atoms with Gasteiger partial charge in [-0.1, -0.05) is 0 Å². The average Bonchev–Trinajstić information content (AvgIpc) is 2.76. The number of benzene rings is 1. The summed E-state index contributed by atoms with van der Waals surface area (Å²) in [6.07, 6.45) is 0.544. The van der Waals surface area contributed by atoms with Gasteiger partial charge in [-0.2, -0.15) is 0 Å². The number of hydrogen-bond acceptors (Lipinski definition) is 4. The van der Waals surface area contributed by atoms with Crippen LogP contribution in [0.1, 0.15) is 12.1 Å². The Hall–Kier alpha value is -1.88. The van der Waals surface area contributed by atoms with Crippen LogP contribution < -0.4 is 0 Å². The summed E-state index contributed by atoms with van der Waals surface area (Å²) in [6.45, 7) is 0. The molecule has 0 saturated carbocycles. The minimum Gasteiger partial charge on any atom is -0.508 e. The van der Waals surface area contributed by atoms with Crippen LogP contribution in [0.25, 0.3) is 10.6 Å². The zero-order chi connectivity index (χ0) is 12.3. The molecule has 0 radical (unpaired) electrons. The van der Waals surface area contributed by atoms with Gasteiger partial charge >= 0.3 is 5.97 Å². The van der Waals surface area contributed by atoms with Gasteiger partial charge in [-0.05, 0) is 24.3 Å². The molecule has 0 aliphatic carbocycles. The van der Waals surface area contributed by atoms with Gasteiger partial charge in [0.1, 0.15) is 10.8 Å². The van der Waals surface area contributed by atoms with Crippen molar-refractivity contribution in [3.8, 4) is 16.3 Å². The molecule has 1 aromatic heterocycles. The highest BCUT2D eigenvalue weighted by atomic mass is 32.1. The van der Waals surface area contributed by atoms with E-state index in [0.29, 0.717) is 6.42 Å². The molecule has 0 aliphatic rings. The lowest BCUT2D eigenvalue weighted by atomic mass is 10.2. The predicted octanol–water partition coefficient (Wildman–Crippen LogP) is 2.53. The summed E-state index contributed by atoms with van der Waals surface area (Å²) < 4.78 is 0. The van der Waals surface area contributed by atoms with Crippen molar-refractivity contribution in [2.45, 2.75) is 12.8 Å². The molecular formula is C12H11NO3S. The Morgan fingerprint density at radius 2 is 2.00 bits per heavy atom. The number of carboxylic acids is 1. The van der Waals surface area contributed by atoms with E-state index in [9.17, 15) is 9.90 Å². The van der Waals surface area contributed by atoms with Crippen molar-refractivity contribution in [2.24, 2.45) is 0 Å². The number of aryl methyl sites for hydroxylation is 1. The molecule has 1 heterocycles. The van der Waals surface area contributed by atoms with E-state index < -0.39 is 5.97 Å². The molecule has 0 saturated heterocycles. The molecule has 88 valence electrons. The van der Waals surface area contributed by atoms with Crippen LogP contribution in [-0.2, 0) is 11.2 Å². The molecule has 0 atom stereocenters. The maximum absolute atomic E-state index is 10.4. The van der Waals surface area contributed by atoms with Gasteiger partial charge in [0.25, 0.3) is 0 Å². The first-order valence-corrected chi connectivity index (χ1v) is 5.99. The SMILES string of the molecule is O=C(O)CCc1csc(-c2ccc(O)cc2)n1. The van der Waals surface area contributed by atoms with Crippen molar-refractivity contribution in [3.63, 3.8) is 0 Å². The molecule has 0 bridgehead atoms. The third-order valence-corrected chi connectivity index (χ3v) is 3.20. The summed E-state index contributed by atoms with van der Waals surface area (Å²) in [7, 11) is 0. The fraction of sp³-hybridized carbons (Fsp3) is 0.167. The van der Waals surface area contributed by atoms with Gasteiger partial charge in [0.05, 0.1) is 12.1 Å². The molecular weight excluding hydrogens is 238 g/mol. The molecule has 1 aromatic carbocycles. The minimum atomic E-state index is -0.816. The first kappa shape index (κ1) is 11.6. The second-order valence-corrected chi connectivity index (χ2v) is 4.44. The highest BCUT2D eigenvalue weighted by Gasteiger charge is 2.06. The van der Waals surface area contributed by atoms with E-state index in [1.807, 2.05) is 5.38 Å². The maximum atomic E-state index is 10.4. The van der Waals surface area contributed by atoms with Crippen molar-refractivity contribution in [1.82, 2.24) is 4.98 Å². The number of phenolic OH excluding ortho intramolecular Hbond substituents is 1. The van der Waals surface area contributed by atoms with Crippen LogP contribution >= 0.6 is 11.3 Å². The first-order chi connectivity index (χ1) is 8.15. The van der Waals surface area contributed by atoms with Crippen LogP contribution in [-0.4, -0.2) is 21.2 Å². The lowest BCUT2D eigenvalue weighted by Gasteiger charge is -1.96. The number of phenols is 1. The lowest BCUT2D eigenvalue weighted by Crippen LogP contribution is -1.97. The fourth-order valence-corrected chi connectivity index (χ4v) is 2.25. The van der Waals surface area contributed by atoms with Gasteiger partial charge in [-0.25, -0.2) is 4.98 Å². The number of aliphatic carboxylic acids is 1. The number of carboxylic acid groups (broad SMARTS) is 1. The molecule has 0 aliphatic heterocycles.